The van der Waals surface area contributed by atoms with Crippen LogP contribution in [0.5, 0.6) is 0 Å². The van der Waals surface area contributed by atoms with E-state index >= 15 is 0 Å². The van der Waals surface area contributed by atoms with Gasteiger partial charge in [0.1, 0.15) is 0 Å². The lowest BCUT2D eigenvalue weighted by atomic mass is 10.1. The zero-order chi connectivity index (χ0) is 9.97. The largest absolute Gasteiger partial charge is 0.422 e. The average molecular weight is 190 g/mol. The molecule has 0 amide bonds. The van der Waals surface area contributed by atoms with Crippen molar-refractivity contribution in [1.82, 2.24) is 10.2 Å². The Morgan fingerprint density at radius 2 is 1.93 bits per heavy atom. The van der Waals surface area contributed by atoms with Crippen LogP contribution >= 0.6 is 0 Å². The Morgan fingerprint density at radius 1 is 1.21 bits per heavy atom. The Bertz CT molecular complexity index is 411. The fourth-order valence-corrected chi connectivity index (χ4v) is 1.20. The first-order valence-electron chi connectivity index (χ1n) is 4.30. The molecule has 0 aliphatic carbocycles. The van der Waals surface area contributed by atoms with Gasteiger partial charge in [-0.3, -0.25) is 0 Å². The van der Waals surface area contributed by atoms with Gasteiger partial charge < -0.3 is 9.52 Å². The number of aliphatic hydroxyl groups is 1. The molecule has 0 saturated heterocycles. The molecule has 0 spiro atoms. The van der Waals surface area contributed by atoms with Gasteiger partial charge in [-0.05, 0) is 5.56 Å². The van der Waals surface area contributed by atoms with Crippen LogP contribution in [0.25, 0.3) is 0 Å². The van der Waals surface area contributed by atoms with Crippen LogP contribution in [0.1, 0.15) is 23.4 Å². The molecule has 0 fully saturated rings. The van der Waals surface area contributed by atoms with Gasteiger partial charge in [-0.25, -0.2) is 0 Å². The van der Waals surface area contributed by atoms with Crippen molar-refractivity contribution in [3.8, 4) is 0 Å². The zero-order valence-corrected chi connectivity index (χ0v) is 7.71. The monoisotopic (exact) mass is 190 g/mol. The third kappa shape index (κ3) is 1.65. The molecule has 0 aliphatic heterocycles. The molecule has 1 N–H and O–H groups in total. The molecule has 1 heterocycles. The SMILES string of the molecule is Cc1nnc([C@@H](O)c2ccccc2)o1. The molecule has 0 radical (unpaired) electrons. The molecule has 0 unspecified atom stereocenters. The van der Waals surface area contributed by atoms with Crippen LogP contribution in [-0.2, 0) is 0 Å². The van der Waals surface area contributed by atoms with E-state index in [0.717, 1.165) is 5.56 Å². The Balaban J connectivity index is 2.29. The van der Waals surface area contributed by atoms with E-state index in [1.807, 2.05) is 30.3 Å². The van der Waals surface area contributed by atoms with Crippen LogP contribution < -0.4 is 0 Å². The average Bonchev–Trinajstić information content (AvgIpc) is 2.65. The smallest absolute Gasteiger partial charge is 0.249 e. The molecular formula is C10H10N2O2. The van der Waals surface area contributed by atoms with E-state index in [-0.39, 0.29) is 5.89 Å². The molecule has 1 aromatic heterocycles. The molecule has 1 atom stereocenters. The van der Waals surface area contributed by atoms with Crippen LogP contribution in [0.3, 0.4) is 0 Å². The maximum Gasteiger partial charge on any atom is 0.249 e. The quantitative estimate of drug-likeness (QED) is 0.778. The van der Waals surface area contributed by atoms with Crippen molar-refractivity contribution in [1.29, 1.82) is 0 Å². The number of aryl methyl sites for hydroxylation is 1. The first kappa shape index (κ1) is 8.90. The maximum absolute atomic E-state index is 9.81. The Hall–Kier alpha value is -1.68. The first-order valence-corrected chi connectivity index (χ1v) is 4.30. The van der Waals surface area contributed by atoms with E-state index < -0.39 is 6.10 Å². The normalized spacial score (nSPS) is 12.7. The molecule has 72 valence electrons. The molecule has 14 heavy (non-hydrogen) atoms. The highest BCUT2D eigenvalue weighted by Gasteiger charge is 2.15. The van der Waals surface area contributed by atoms with E-state index in [1.54, 1.807) is 6.92 Å². The third-order valence-corrected chi connectivity index (χ3v) is 1.89. The second-order valence-corrected chi connectivity index (χ2v) is 2.97. The molecule has 0 aliphatic rings. The van der Waals surface area contributed by atoms with E-state index in [2.05, 4.69) is 10.2 Å². The number of hydrogen-bond acceptors (Lipinski definition) is 4. The fourth-order valence-electron chi connectivity index (χ4n) is 1.20. The summed E-state index contributed by atoms with van der Waals surface area (Å²) in [7, 11) is 0. The van der Waals surface area contributed by atoms with Gasteiger partial charge >= 0.3 is 0 Å². The van der Waals surface area contributed by atoms with Gasteiger partial charge in [-0.1, -0.05) is 30.3 Å². The lowest BCUT2D eigenvalue weighted by molar-refractivity contribution is 0.181. The van der Waals surface area contributed by atoms with Crippen molar-refractivity contribution < 1.29 is 9.52 Å². The summed E-state index contributed by atoms with van der Waals surface area (Å²) in [6.07, 6.45) is -0.836. The molecule has 0 bridgehead atoms. The van der Waals surface area contributed by atoms with Crippen molar-refractivity contribution in [2.45, 2.75) is 13.0 Å². The summed E-state index contributed by atoms with van der Waals surface area (Å²) in [5.74, 6) is 0.684. The fraction of sp³-hybridized carbons (Fsp3) is 0.200. The summed E-state index contributed by atoms with van der Waals surface area (Å²) in [6.45, 7) is 1.69. The van der Waals surface area contributed by atoms with E-state index in [1.165, 1.54) is 0 Å². The van der Waals surface area contributed by atoms with Crippen LogP contribution in [0, 0.1) is 6.92 Å². The third-order valence-electron chi connectivity index (χ3n) is 1.89. The summed E-state index contributed by atoms with van der Waals surface area (Å²) in [4.78, 5) is 0. The Labute approximate surface area is 81.2 Å². The van der Waals surface area contributed by atoms with Crippen LogP contribution in [0.4, 0.5) is 0 Å². The number of rotatable bonds is 2. The summed E-state index contributed by atoms with van der Waals surface area (Å²) in [6, 6.07) is 9.20. The number of aliphatic hydroxyl groups excluding tert-OH is 1. The molecule has 4 nitrogen and oxygen atoms in total. The highest BCUT2D eigenvalue weighted by atomic mass is 16.4. The number of hydrogen-bond donors (Lipinski definition) is 1. The predicted octanol–water partition coefficient (Wildman–Crippen LogP) is 1.46. The molecule has 0 saturated carbocycles. The molecule has 2 rings (SSSR count). The highest BCUT2D eigenvalue weighted by molar-refractivity contribution is 5.21. The van der Waals surface area contributed by atoms with Gasteiger partial charge in [0, 0.05) is 6.92 Å². The van der Waals surface area contributed by atoms with E-state index in [0.29, 0.717) is 5.89 Å². The second kappa shape index (κ2) is 3.59. The van der Waals surface area contributed by atoms with Crippen molar-refractivity contribution in [2.24, 2.45) is 0 Å². The van der Waals surface area contributed by atoms with Gasteiger partial charge in [0.25, 0.3) is 0 Å². The van der Waals surface area contributed by atoms with Gasteiger partial charge in [0.2, 0.25) is 11.8 Å². The summed E-state index contributed by atoms with van der Waals surface area (Å²) >= 11 is 0. The minimum atomic E-state index is -0.836. The highest BCUT2D eigenvalue weighted by Crippen LogP contribution is 2.19. The predicted molar refractivity (Wildman–Crippen MR) is 49.5 cm³/mol. The molecule has 1 aromatic carbocycles. The number of benzene rings is 1. The first-order chi connectivity index (χ1) is 6.77. The Morgan fingerprint density at radius 3 is 2.50 bits per heavy atom. The molecule has 2 aromatic rings. The van der Waals surface area contributed by atoms with Crippen molar-refractivity contribution in [2.75, 3.05) is 0 Å². The number of nitrogens with zero attached hydrogens (tertiary/aromatic N) is 2. The van der Waals surface area contributed by atoms with Gasteiger partial charge in [0.05, 0.1) is 0 Å². The summed E-state index contributed by atoms with van der Waals surface area (Å²) < 4.78 is 5.13. The zero-order valence-electron chi connectivity index (χ0n) is 7.71. The van der Waals surface area contributed by atoms with Gasteiger partial charge in [-0.2, -0.15) is 0 Å². The van der Waals surface area contributed by atoms with E-state index in [4.69, 9.17) is 4.42 Å². The standard InChI is InChI=1S/C10H10N2O2/c1-7-11-12-10(14-7)9(13)8-5-3-2-4-6-8/h2-6,9,13H,1H3/t9-/m0/s1. The molecule has 4 heteroatoms. The summed E-state index contributed by atoms with van der Waals surface area (Å²) in [5.41, 5.74) is 0.746. The second-order valence-electron chi connectivity index (χ2n) is 2.97. The van der Waals surface area contributed by atoms with Gasteiger partial charge in [-0.15, -0.1) is 10.2 Å². The molecular weight excluding hydrogens is 180 g/mol. The van der Waals surface area contributed by atoms with Crippen LogP contribution in [0.15, 0.2) is 34.7 Å². The number of aromatic nitrogens is 2. The Kier molecular flexibility index (Phi) is 2.28. The van der Waals surface area contributed by atoms with Gasteiger partial charge in [0.15, 0.2) is 6.10 Å². The maximum atomic E-state index is 9.81. The summed E-state index contributed by atoms with van der Waals surface area (Å²) in [5, 5.41) is 17.2. The van der Waals surface area contributed by atoms with Crippen molar-refractivity contribution in [3.63, 3.8) is 0 Å². The van der Waals surface area contributed by atoms with Crippen molar-refractivity contribution >= 4 is 0 Å². The van der Waals surface area contributed by atoms with Crippen LogP contribution in [-0.4, -0.2) is 15.3 Å². The lowest BCUT2D eigenvalue weighted by Gasteiger charge is -2.04. The minimum Gasteiger partial charge on any atom is -0.422 e. The van der Waals surface area contributed by atoms with E-state index in [9.17, 15) is 5.11 Å². The van der Waals surface area contributed by atoms with Crippen molar-refractivity contribution in [3.05, 3.63) is 47.7 Å². The lowest BCUT2D eigenvalue weighted by Crippen LogP contribution is -1.99. The topological polar surface area (TPSA) is 59.2 Å². The van der Waals surface area contributed by atoms with Crippen LogP contribution in [0.2, 0.25) is 0 Å². The minimum absolute atomic E-state index is 0.230.